The molecule has 0 N–H and O–H groups in total. The van der Waals surface area contributed by atoms with Gasteiger partial charge in [0.15, 0.2) is 0 Å². The largest absolute Gasteiger partial charge is 0.321 e. The van der Waals surface area contributed by atoms with E-state index in [9.17, 15) is 13.6 Å². The molecule has 3 aromatic rings. The molecular weight excluding hydrogens is 360 g/mol. The number of hydrogen-bond acceptors (Lipinski definition) is 3. The molecule has 0 radical (unpaired) electrons. The fourth-order valence-electron chi connectivity index (χ4n) is 3.83. The van der Waals surface area contributed by atoms with Gasteiger partial charge in [-0.2, -0.15) is 0 Å². The third-order valence-corrected chi connectivity index (χ3v) is 5.19. The van der Waals surface area contributed by atoms with E-state index in [4.69, 9.17) is 0 Å². The number of halogens is 2. The maximum atomic E-state index is 14.4. The molecule has 0 unspecified atom stereocenters. The molecule has 138 valence electrons. The minimum absolute atomic E-state index is 0.0802. The van der Waals surface area contributed by atoms with Crippen molar-refractivity contribution in [3.05, 3.63) is 88.6 Å². The Morgan fingerprint density at radius 3 is 2.75 bits per heavy atom. The van der Waals surface area contributed by atoms with Crippen molar-refractivity contribution in [2.45, 2.75) is 6.54 Å². The summed E-state index contributed by atoms with van der Waals surface area (Å²) in [7, 11) is 1.74. The lowest BCUT2D eigenvalue weighted by atomic mass is 10.0. The second-order valence-corrected chi connectivity index (χ2v) is 6.83. The van der Waals surface area contributed by atoms with E-state index in [0.717, 1.165) is 28.6 Å². The zero-order chi connectivity index (χ0) is 19.4. The number of rotatable bonds is 2. The van der Waals surface area contributed by atoms with E-state index in [1.807, 2.05) is 35.2 Å². The van der Waals surface area contributed by atoms with Crippen LogP contribution in [0.4, 0.5) is 20.3 Å². The Balaban J connectivity index is 1.75. The Morgan fingerprint density at radius 2 is 1.93 bits per heavy atom. The van der Waals surface area contributed by atoms with E-state index in [2.05, 4.69) is 4.98 Å². The summed E-state index contributed by atoms with van der Waals surface area (Å²) in [6, 6.07) is 12.8. The SMILES string of the molecule is CN1C(=O)c2cccc3c2C1=Cc1cccnc1N3Cc1ccc(F)cc1F. The van der Waals surface area contributed by atoms with E-state index >= 15 is 0 Å². The highest BCUT2D eigenvalue weighted by Crippen LogP contribution is 2.45. The van der Waals surface area contributed by atoms with Gasteiger partial charge in [0.05, 0.1) is 23.5 Å². The predicted octanol–water partition coefficient (Wildman–Crippen LogP) is 4.60. The summed E-state index contributed by atoms with van der Waals surface area (Å²) < 4.78 is 27.7. The lowest BCUT2D eigenvalue weighted by Gasteiger charge is -2.26. The molecule has 0 saturated carbocycles. The molecule has 0 aliphatic carbocycles. The molecule has 28 heavy (non-hydrogen) atoms. The monoisotopic (exact) mass is 375 g/mol. The van der Waals surface area contributed by atoms with Crippen molar-refractivity contribution >= 4 is 29.2 Å². The van der Waals surface area contributed by atoms with Crippen LogP contribution in [0.3, 0.4) is 0 Å². The van der Waals surface area contributed by atoms with Crippen LogP contribution in [-0.4, -0.2) is 22.8 Å². The molecule has 1 aromatic heterocycles. The molecule has 2 aliphatic heterocycles. The molecule has 0 saturated heterocycles. The van der Waals surface area contributed by atoms with E-state index in [1.54, 1.807) is 24.2 Å². The third kappa shape index (κ3) is 2.34. The molecule has 0 atom stereocenters. The summed E-state index contributed by atoms with van der Waals surface area (Å²) in [5.74, 6) is -0.658. The Kier molecular flexibility index (Phi) is 3.55. The van der Waals surface area contributed by atoms with Gasteiger partial charge in [-0.1, -0.05) is 12.1 Å². The standard InChI is InChI=1S/C22H15F2N3O/c1-26-19-10-13-4-3-9-25-21(13)27(12-14-7-8-15(23)11-17(14)24)18-6-2-5-16(20(18)19)22(26)28/h2-11H,12H2,1H3. The van der Waals surface area contributed by atoms with Crippen LogP contribution < -0.4 is 4.90 Å². The number of fused-ring (bicyclic) bond motifs is 1. The van der Waals surface area contributed by atoms with Crippen molar-refractivity contribution < 1.29 is 13.6 Å². The molecule has 5 rings (SSSR count). The Hall–Kier alpha value is -3.54. The van der Waals surface area contributed by atoms with Crippen molar-refractivity contribution in [1.82, 2.24) is 9.88 Å². The van der Waals surface area contributed by atoms with Gasteiger partial charge >= 0.3 is 0 Å². The predicted molar refractivity (Wildman–Crippen MR) is 103 cm³/mol. The fraction of sp³-hybridized carbons (Fsp3) is 0.0909. The van der Waals surface area contributed by atoms with Crippen LogP contribution >= 0.6 is 0 Å². The first-order chi connectivity index (χ1) is 13.5. The second-order valence-electron chi connectivity index (χ2n) is 6.83. The van der Waals surface area contributed by atoms with Crippen molar-refractivity contribution in [1.29, 1.82) is 0 Å². The van der Waals surface area contributed by atoms with Crippen LogP contribution in [0.15, 0.2) is 54.7 Å². The van der Waals surface area contributed by atoms with Gasteiger partial charge in [0.25, 0.3) is 5.91 Å². The van der Waals surface area contributed by atoms with Crippen LogP contribution in [-0.2, 0) is 6.54 Å². The van der Waals surface area contributed by atoms with Crippen LogP contribution in [0.5, 0.6) is 0 Å². The molecule has 6 heteroatoms. The Bertz CT molecular complexity index is 1170. The molecule has 4 nitrogen and oxygen atoms in total. The maximum absolute atomic E-state index is 14.4. The van der Waals surface area contributed by atoms with Crippen LogP contribution in [0.25, 0.3) is 11.8 Å². The van der Waals surface area contributed by atoms with Gasteiger partial charge in [0.1, 0.15) is 17.5 Å². The van der Waals surface area contributed by atoms with E-state index < -0.39 is 11.6 Å². The Morgan fingerprint density at radius 1 is 1.07 bits per heavy atom. The molecule has 0 fully saturated rings. The molecule has 1 amide bonds. The van der Waals surface area contributed by atoms with Crippen LogP contribution in [0, 0.1) is 11.6 Å². The number of carbonyl (C=O) groups excluding carboxylic acids is 1. The summed E-state index contributed by atoms with van der Waals surface area (Å²) in [4.78, 5) is 20.7. The molecule has 3 heterocycles. The fourth-order valence-corrected chi connectivity index (χ4v) is 3.83. The maximum Gasteiger partial charge on any atom is 0.258 e. The molecular formula is C22H15F2N3O. The first-order valence-electron chi connectivity index (χ1n) is 8.84. The van der Waals surface area contributed by atoms with Gasteiger partial charge in [-0.25, -0.2) is 13.8 Å². The van der Waals surface area contributed by atoms with Crippen molar-refractivity contribution in [3.8, 4) is 0 Å². The summed E-state index contributed by atoms with van der Waals surface area (Å²) >= 11 is 0. The topological polar surface area (TPSA) is 36.4 Å². The molecule has 2 aliphatic rings. The smallest absolute Gasteiger partial charge is 0.258 e. The highest BCUT2D eigenvalue weighted by molar-refractivity contribution is 6.15. The number of carbonyl (C=O) groups is 1. The number of aromatic nitrogens is 1. The minimum Gasteiger partial charge on any atom is -0.321 e. The normalized spacial score (nSPS) is 14.5. The van der Waals surface area contributed by atoms with Gasteiger partial charge in [0.2, 0.25) is 0 Å². The van der Waals surface area contributed by atoms with Gasteiger partial charge in [-0.05, 0) is 36.4 Å². The quantitative estimate of drug-likeness (QED) is 0.657. The number of benzene rings is 2. The summed E-state index contributed by atoms with van der Waals surface area (Å²) in [6.45, 7) is 0.158. The third-order valence-electron chi connectivity index (χ3n) is 5.19. The van der Waals surface area contributed by atoms with E-state index in [1.165, 1.54) is 12.1 Å². The zero-order valence-corrected chi connectivity index (χ0v) is 15.0. The molecule has 2 aromatic carbocycles. The highest BCUT2D eigenvalue weighted by atomic mass is 19.1. The molecule has 0 spiro atoms. The minimum atomic E-state index is -0.618. The first-order valence-corrected chi connectivity index (χ1v) is 8.84. The van der Waals surface area contributed by atoms with E-state index in [-0.39, 0.29) is 12.5 Å². The Labute approximate surface area is 160 Å². The number of anilines is 2. The van der Waals surface area contributed by atoms with E-state index in [0.29, 0.717) is 16.9 Å². The summed E-state index contributed by atoms with van der Waals surface area (Å²) in [5, 5.41) is 0. The van der Waals surface area contributed by atoms with Crippen molar-refractivity contribution in [3.63, 3.8) is 0 Å². The number of amides is 1. The van der Waals surface area contributed by atoms with Crippen molar-refractivity contribution in [2.24, 2.45) is 0 Å². The van der Waals surface area contributed by atoms with Gasteiger partial charge in [-0.15, -0.1) is 0 Å². The van der Waals surface area contributed by atoms with Gasteiger partial charge < -0.3 is 9.80 Å². The average molecular weight is 375 g/mol. The lowest BCUT2D eigenvalue weighted by Crippen LogP contribution is -2.20. The van der Waals surface area contributed by atoms with Crippen molar-refractivity contribution in [2.75, 3.05) is 11.9 Å². The van der Waals surface area contributed by atoms with Gasteiger partial charge in [0, 0.05) is 36.0 Å². The highest BCUT2D eigenvalue weighted by Gasteiger charge is 2.35. The number of hydrogen-bond donors (Lipinski definition) is 0. The summed E-state index contributed by atoms with van der Waals surface area (Å²) in [5.41, 5.74) is 4.12. The second kappa shape index (κ2) is 5.99. The molecule has 0 bridgehead atoms. The lowest BCUT2D eigenvalue weighted by molar-refractivity contribution is 0.0875. The zero-order valence-electron chi connectivity index (χ0n) is 15.0. The number of nitrogens with zero attached hydrogens (tertiary/aromatic N) is 3. The van der Waals surface area contributed by atoms with Crippen LogP contribution in [0.2, 0.25) is 0 Å². The average Bonchev–Trinajstić information content (AvgIpc) is 2.85. The number of pyridine rings is 1. The summed E-state index contributed by atoms with van der Waals surface area (Å²) in [6.07, 6.45) is 3.60. The van der Waals surface area contributed by atoms with Gasteiger partial charge in [-0.3, -0.25) is 4.79 Å². The first kappa shape index (κ1) is 16.6. The van der Waals surface area contributed by atoms with Crippen LogP contribution in [0.1, 0.15) is 27.0 Å².